The van der Waals surface area contributed by atoms with Crippen molar-refractivity contribution in [3.8, 4) is 5.75 Å². The summed E-state index contributed by atoms with van der Waals surface area (Å²) in [4.78, 5) is 28.8. The van der Waals surface area contributed by atoms with Crippen LogP contribution in [-0.4, -0.2) is 25.8 Å². The first-order chi connectivity index (χ1) is 11.4. The van der Waals surface area contributed by atoms with Crippen molar-refractivity contribution in [1.82, 2.24) is 14.8 Å². The lowest BCUT2D eigenvalue weighted by Crippen LogP contribution is -2.17. The Bertz CT molecular complexity index is 1000. The van der Waals surface area contributed by atoms with E-state index in [-0.39, 0.29) is 23.6 Å². The van der Waals surface area contributed by atoms with E-state index < -0.39 is 0 Å². The molecule has 0 saturated carbocycles. The fourth-order valence-electron chi connectivity index (χ4n) is 2.84. The minimum Gasteiger partial charge on any atom is -0.506 e. The van der Waals surface area contributed by atoms with Gasteiger partial charge in [-0.3, -0.25) is 19.4 Å². The molecule has 0 unspecified atom stereocenters. The Hall–Kier alpha value is -3.09. The van der Waals surface area contributed by atoms with Gasteiger partial charge in [-0.2, -0.15) is 0 Å². The molecule has 3 rings (SSSR count). The van der Waals surface area contributed by atoms with Gasteiger partial charge in [0.2, 0.25) is 5.91 Å². The van der Waals surface area contributed by atoms with Gasteiger partial charge in [-0.25, -0.2) is 4.98 Å². The number of hydrogen-bond acceptors (Lipinski definition) is 4. The minimum absolute atomic E-state index is 0.00683. The van der Waals surface area contributed by atoms with Crippen LogP contribution in [0.25, 0.3) is 11.0 Å². The number of aryl methyl sites for hydroxylation is 3. The zero-order valence-corrected chi connectivity index (χ0v) is 13.7. The smallest absolute Gasteiger partial charge is 0.273 e. The summed E-state index contributed by atoms with van der Waals surface area (Å²) in [6, 6.07) is 6.53. The topological polar surface area (TPSA) is 100 Å². The van der Waals surface area contributed by atoms with E-state index in [2.05, 4.69) is 15.4 Å². The van der Waals surface area contributed by atoms with Gasteiger partial charge in [0.1, 0.15) is 5.75 Å². The number of nitrogens with one attached hydrogen (secondary N) is 2. The van der Waals surface area contributed by atoms with Crippen molar-refractivity contribution >= 4 is 22.6 Å². The highest BCUT2D eigenvalue weighted by Crippen LogP contribution is 2.23. The molecule has 1 amide bonds. The van der Waals surface area contributed by atoms with Crippen LogP contribution >= 0.6 is 0 Å². The molecule has 0 aliphatic heterocycles. The number of anilines is 1. The molecule has 0 spiro atoms. The predicted octanol–water partition coefficient (Wildman–Crippen LogP) is 1.77. The van der Waals surface area contributed by atoms with Crippen molar-refractivity contribution in [3.63, 3.8) is 0 Å². The second-order valence-electron chi connectivity index (χ2n) is 5.74. The molecule has 2 aromatic heterocycles. The van der Waals surface area contributed by atoms with Gasteiger partial charge in [-0.15, -0.1) is 0 Å². The number of amides is 1. The number of H-pyrrole nitrogens is 1. The van der Waals surface area contributed by atoms with Crippen molar-refractivity contribution in [1.29, 1.82) is 0 Å². The average molecular weight is 326 g/mol. The van der Waals surface area contributed by atoms with Gasteiger partial charge >= 0.3 is 0 Å². The van der Waals surface area contributed by atoms with Crippen LogP contribution in [0.2, 0.25) is 0 Å². The fraction of sp³-hybridized carbons (Fsp3) is 0.235. The van der Waals surface area contributed by atoms with Gasteiger partial charge in [0.15, 0.2) is 5.65 Å². The van der Waals surface area contributed by atoms with Crippen molar-refractivity contribution in [2.75, 3.05) is 5.32 Å². The van der Waals surface area contributed by atoms with Gasteiger partial charge in [0.05, 0.1) is 17.5 Å². The number of para-hydroxylation sites is 2. The molecule has 3 aromatic rings. The summed E-state index contributed by atoms with van der Waals surface area (Å²) in [6.45, 7) is 3.63. The number of phenolic OH excluding ortho intramolecular Hbond substituents is 1. The molecule has 0 aliphatic rings. The Morgan fingerprint density at radius 3 is 2.75 bits per heavy atom. The van der Waals surface area contributed by atoms with Crippen LogP contribution in [0.15, 0.2) is 29.1 Å². The van der Waals surface area contributed by atoms with E-state index >= 15 is 0 Å². The Labute approximate surface area is 137 Å². The van der Waals surface area contributed by atoms with Gasteiger partial charge in [0.25, 0.3) is 5.56 Å². The largest absolute Gasteiger partial charge is 0.506 e. The number of fused-ring (bicyclic) bond motifs is 1. The molecule has 3 N–H and O–H groups in total. The summed E-state index contributed by atoms with van der Waals surface area (Å²) in [7, 11) is 1.72. The molecular formula is C17H18N4O3. The van der Waals surface area contributed by atoms with E-state index in [9.17, 15) is 14.7 Å². The number of rotatable bonds is 3. The third-order valence-corrected chi connectivity index (χ3v) is 4.09. The first kappa shape index (κ1) is 15.8. The van der Waals surface area contributed by atoms with Crippen molar-refractivity contribution in [2.24, 2.45) is 7.05 Å². The number of carbonyl (C=O) groups is 1. The van der Waals surface area contributed by atoms with Gasteiger partial charge < -0.3 is 10.4 Å². The monoisotopic (exact) mass is 326 g/mol. The number of pyridine rings is 1. The van der Waals surface area contributed by atoms with E-state index in [0.717, 1.165) is 5.56 Å². The summed E-state index contributed by atoms with van der Waals surface area (Å²) in [5, 5.41) is 15.6. The molecule has 0 saturated heterocycles. The molecule has 0 fully saturated rings. The number of benzene rings is 1. The summed E-state index contributed by atoms with van der Waals surface area (Å²) in [5.74, 6) is -0.274. The van der Waals surface area contributed by atoms with Crippen molar-refractivity contribution in [3.05, 3.63) is 51.4 Å². The highest BCUT2D eigenvalue weighted by molar-refractivity contribution is 5.94. The molecule has 0 atom stereocenters. The van der Waals surface area contributed by atoms with E-state index in [0.29, 0.717) is 28.0 Å². The highest BCUT2D eigenvalue weighted by Gasteiger charge is 2.17. The molecule has 7 heteroatoms. The van der Waals surface area contributed by atoms with Crippen LogP contribution in [-0.2, 0) is 18.3 Å². The molecule has 0 aliphatic carbocycles. The zero-order valence-electron chi connectivity index (χ0n) is 13.7. The Kier molecular flexibility index (Phi) is 3.84. The maximum Gasteiger partial charge on any atom is 0.273 e. The number of carbonyl (C=O) groups excluding carboxylic acids is 1. The zero-order chi connectivity index (χ0) is 17.4. The second-order valence-corrected chi connectivity index (χ2v) is 5.74. The third-order valence-electron chi connectivity index (χ3n) is 4.09. The Balaban J connectivity index is 1.95. The lowest BCUT2D eigenvalue weighted by atomic mass is 10.0. The summed E-state index contributed by atoms with van der Waals surface area (Å²) in [5.41, 5.74) is 2.85. The third kappa shape index (κ3) is 2.64. The predicted molar refractivity (Wildman–Crippen MR) is 91.2 cm³/mol. The van der Waals surface area contributed by atoms with Crippen LogP contribution in [0.5, 0.6) is 5.75 Å². The highest BCUT2D eigenvalue weighted by atomic mass is 16.3. The van der Waals surface area contributed by atoms with E-state index in [1.807, 2.05) is 13.8 Å². The van der Waals surface area contributed by atoms with Gasteiger partial charge in [-0.05, 0) is 37.1 Å². The summed E-state index contributed by atoms with van der Waals surface area (Å²) >= 11 is 0. The van der Waals surface area contributed by atoms with Crippen LogP contribution in [0.4, 0.5) is 5.69 Å². The number of aromatic amines is 1. The lowest BCUT2D eigenvalue weighted by molar-refractivity contribution is -0.115. The lowest BCUT2D eigenvalue weighted by Gasteiger charge is -2.11. The standard InChI is InChI=1S/C17H18N4O3/c1-9-11(8-14(23)19-12-6-4-5-7-13(12)22)10(2)18-16-15(9)17(24)20-21(16)3/h4-7,22H,8H2,1-3H3,(H,19,23)(H,20,24). The van der Waals surface area contributed by atoms with Crippen LogP contribution < -0.4 is 10.9 Å². The molecule has 1 aromatic carbocycles. The average Bonchev–Trinajstić information content (AvgIpc) is 2.80. The second kappa shape index (κ2) is 5.84. The number of nitrogens with zero attached hydrogens (tertiary/aromatic N) is 2. The molecule has 124 valence electrons. The van der Waals surface area contributed by atoms with E-state index in [1.54, 1.807) is 29.9 Å². The van der Waals surface area contributed by atoms with Crippen LogP contribution in [0.1, 0.15) is 16.8 Å². The van der Waals surface area contributed by atoms with E-state index in [4.69, 9.17) is 0 Å². The first-order valence-corrected chi connectivity index (χ1v) is 7.51. The Morgan fingerprint density at radius 1 is 1.33 bits per heavy atom. The quantitative estimate of drug-likeness (QED) is 0.639. The molecule has 0 radical (unpaired) electrons. The van der Waals surface area contributed by atoms with E-state index in [1.165, 1.54) is 6.07 Å². The van der Waals surface area contributed by atoms with Crippen molar-refractivity contribution in [2.45, 2.75) is 20.3 Å². The summed E-state index contributed by atoms with van der Waals surface area (Å²) in [6.07, 6.45) is 0.0727. The Morgan fingerprint density at radius 2 is 2.04 bits per heavy atom. The van der Waals surface area contributed by atoms with Gasteiger partial charge in [-0.1, -0.05) is 12.1 Å². The summed E-state index contributed by atoms with van der Waals surface area (Å²) < 4.78 is 1.57. The maximum atomic E-state index is 12.3. The molecule has 0 bridgehead atoms. The molecule has 24 heavy (non-hydrogen) atoms. The minimum atomic E-state index is -0.281. The maximum absolute atomic E-state index is 12.3. The molecule has 2 heterocycles. The molecular weight excluding hydrogens is 308 g/mol. The first-order valence-electron chi connectivity index (χ1n) is 7.51. The fourth-order valence-corrected chi connectivity index (χ4v) is 2.84. The number of aromatic nitrogens is 3. The normalized spacial score (nSPS) is 11.0. The molecule has 7 nitrogen and oxygen atoms in total. The van der Waals surface area contributed by atoms with Crippen LogP contribution in [0.3, 0.4) is 0 Å². The van der Waals surface area contributed by atoms with Crippen LogP contribution in [0, 0.1) is 13.8 Å². The SMILES string of the molecule is Cc1nc2c(c(C)c1CC(=O)Nc1ccccc1O)c(=O)[nH]n2C. The van der Waals surface area contributed by atoms with Gasteiger partial charge in [0, 0.05) is 12.7 Å². The number of hydrogen-bond donors (Lipinski definition) is 3. The van der Waals surface area contributed by atoms with Crippen molar-refractivity contribution < 1.29 is 9.90 Å². The number of aromatic hydroxyl groups is 1. The number of phenols is 1.